The number of benzene rings is 1. The molecule has 1 N–H and O–H groups in total. The Hall–Kier alpha value is -1.09. The van der Waals surface area contributed by atoms with E-state index in [2.05, 4.69) is 5.32 Å². The van der Waals surface area contributed by atoms with E-state index in [9.17, 15) is 9.18 Å². The lowest BCUT2D eigenvalue weighted by molar-refractivity contribution is -0.116. The molecule has 4 heteroatoms. The van der Waals surface area contributed by atoms with Crippen LogP contribution >= 0.6 is 11.6 Å². The number of amides is 1. The summed E-state index contributed by atoms with van der Waals surface area (Å²) in [7, 11) is 0. The molecule has 19 heavy (non-hydrogen) atoms. The second kappa shape index (κ2) is 6.90. The Balaban J connectivity index is 1.81. The Labute approximate surface area is 118 Å². The van der Waals surface area contributed by atoms with Crippen molar-refractivity contribution in [2.75, 3.05) is 5.32 Å². The van der Waals surface area contributed by atoms with Crippen molar-refractivity contribution in [3.63, 3.8) is 0 Å². The first kappa shape index (κ1) is 14.3. The van der Waals surface area contributed by atoms with Crippen LogP contribution in [0.1, 0.15) is 44.9 Å². The highest BCUT2D eigenvalue weighted by Gasteiger charge is 2.15. The van der Waals surface area contributed by atoms with E-state index in [4.69, 9.17) is 11.6 Å². The van der Waals surface area contributed by atoms with Crippen molar-refractivity contribution >= 4 is 23.2 Å². The van der Waals surface area contributed by atoms with Crippen LogP contribution < -0.4 is 5.32 Å². The molecular formula is C15H19ClFNO. The molecule has 0 spiro atoms. The van der Waals surface area contributed by atoms with E-state index in [1.807, 2.05) is 0 Å². The average molecular weight is 284 g/mol. The maximum atomic E-state index is 13.5. The smallest absolute Gasteiger partial charge is 0.224 e. The summed E-state index contributed by atoms with van der Waals surface area (Å²) in [5.74, 6) is 0.0749. The first-order valence-corrected chi connectivity index (χ1v) is 7.28. The van der Waals surface area contributed by atoms with E-state index >= 15 is 0 Å². The van der Waals surface area contributed by atoms with Crippen molar-refractivity contribution in [1.82, 2.24) is 0 Å². The summed E-state index contributed by atoms with van der Waals surface area (Å²) < 4.78 is 13.5. The Bertz CT molecular complexity index is 444. The standard InChI is InChI=1S/C15H19ClFNO/c16-12-7-8-13(17)14(10-12)18-15(19)9-6-11-4-2-1-3-5-11/h7-8,10-11H,1-6,9H2,(H,18,19). The number of halogens is 2. The first-order valence-electron chi connectivity index (χ1n) is 6.90. The molecule has 1 aromatic carbocycles. The molecule has 0 aliphatic heterocycles. The fourth-order valence-corrected chi connectivity index (χ4v) is 2.79. The molecule has 1 saturated carbocycles. The maximum absolute atomic E-state index is 13.5. The van der Waals surface area contributed by atoms with Gasteiger partial charge >= 0.3 is 0 Å². The van der Waals surface area contributed by atoms with Crippen molar-refractivity contribution in [2.24, 2.45) is 5.92 Å². The topological polar surface area (TPSA) is 29.1 Å². The molecule has 0 aromatic heterocycles. The molecule has 1 aliphatic carbocycles. The molecule has 1 fully saturated rings. The van der Waals surface area contributed by atoms with Gasteiger partial charge in [0.2, 0.25) is 5.91 Å². The van der Waals surface area contributed by atoms with Gasteiger partial charge in [0.1, 0.15) is 5.82 Å². The lowest BCUT2D eigenvalue weighted by Crippen LogP contribution is -2.15. The molecule has 2 nitrogen and oxygen atoms in total. The Kier molecular flexibility index (Phi) is 5.20. The largest absolute Gasteiger partial charge is 0.324 e. The van der Waals surface area contributed by atoms with Crippen LogP contribution in [0.25, 0.3) is 0 Å². The molecule has 0 heterocycles. The summed E-state index contributed by atoms with van der Waals surface area (Å²) in [5, 5.41) is 3.01. The predicted octanol–water partition coefficient (Wildman–Crippen LogP) is 4.78. The van der Waals surface area contributed by atoms with Crippen molar-refractivity contribution in [3.05, 3.63) is 29.0 Å². The maximum Gasteiger partial charge on any atom is 0.224 e. The summed E-state index contributed by atoms with van der Waals surface area (Å²) in [6, 6.07) is 4.17. The molecule has 0 atom stereocenters. The zero-order valence-electron chi connectivity index (χ0n) is 10.9. The second-order valence-corrected chi connectivity index (χ2v) is 5.65. The fraction of sp³-hybridized carbons (Fsp3) is 0.533. The van der Waals surface area contributed by atoms with Gasteiger partial charge in [0.05, 0.1) is 5.69 Å². The minimum absolute atomic E-state index is 0.133. The van der Waals surface area contributed by atoms with E-state index < -0.39 is 5.82 Å². The van der Waals surface area contributed by atoms with E-state index in [0.29, 0.717) is 17.4 Å². The van der Waals surface area contributed by atoms with Crippen LogP contribution in [0.2, 0.25) is 5.02 Å². The van der Waals surface area contributed by atoms with Crippen LogP contribution in [0.15, 0.2) is 18.2 Å². The van der Waals surface area contributed by atoms with Crippen LogP contribution in [0.4, 0.5) is 10.1 Å². The van der Waals surface area contributed by atoms with Gasteiger partial charge < -0.3 is 5.32 Å². The summed E-state index contributed by atoms with van der Waals surface area (Å²) in [5.41, 5.74) is 0.168. The van der Waals surface area contributed by atoms with Gasteiger partial charge in [-0.2, -0.15) is 0 Å². The van der Waals surface area contributed by atoms with Crippen molar-refractivity contribution in [1.29, 1.82) is 0 Å². The SMILES string of the molecule is O=C(CCC1CCCCC1)Nc1cc(Cl)ccc1F. The van der Waals surface area contributed by atoms with Gasteiger partial charge in [-0.05, 0) is 30.5 Å². The summed E-state index contributed by atoms with van der Waals surface area (Å²) >= 11 is 5.78. The van der Waals surface area contributed by atoms with Crippen LogP contribution in [-0.2, 0) is 4.79 Å². The number of nitrogens with one attached hydrogen (secondary N) is 1. The number of carbonyl (C=O) groups excluding carboxylic acids is 1. The van der Waals surface area contributed by atoms with Gasteiger partial charge in [-0.3, -0.25) is 4.79 Å². The van der Waals surface area contributed by atoms with Crippen molar-refractivity contribution < 1.29 is 9.18 Å². The Morgan fingerprint density at radius 2 is 2.05 bits per heavy atom. The third kappa shape index (κ3) is 4.50. The molecular weight excluding hydrogens is 265 g/mol. The van der Waals surface area contributed by atoms with Gasteiger partial charge in [-0.1, -0.05) is 43.7 Å². The second-order valence-electron chi connectivity index (χ2n) is 5.22. The zero-order valence-corrected chi connectivity index (χ0v) is 11.7. The number of hydrogen-bond donors (Lipinski definition) is 1. The van der Waals surface area contributed by atoms with Gasteiger partial charge in [0, 0.05) is 11.4 Å². The highest BCUT2D eigenvalue weighted by atomic mass is 35.5. The highest BCUT2D eigenvalue weighted by Crippen LogP contribution is 2.27. The van der Waals surface area contributed by atoms with E-state index in [1.165, 1.54) is 50.3 Å². The third-order valence-electron chi connectivity index (χ3n) is 3.71. The molecule has 0 radical (unpaired) electrons. The number of carbonyl (C=O) groups is 1. The van der Waals surface area contributed by atoms with Gasteiger partial charge in [-0.15, -0.1) is 0 Å². The molecule has 2 rings (SSSR count). The highest BCUT2D eigenvalue weighted by molar-refractivity contribution is 6.30. The van der Waals surface area contributed by atoms with Crippen LogP contribution in [0, 0.1) is 11.7 Å². The Morgan fingerprint density at radius 3 is 2.79 bits per heavy atom. The molecule has 0 unspecified atom stereocenters. The Morgan fingerprint density at radius 1 is 1.32 bits per heavy atom. The third-order valence-corrected chi connectivity index (χ3v) is 3.94. The summed E-state index contributed by atoms with van der Waals surface area (Å²) in [4.78, 5) is 11.8. The number of hydrogen-bond acceptors (Lipinski definition) is 1. The van der Waals surface area contributed by atoms with Crippen molar-refractivity contribution in [2.45, 2.75) is 44.9 Å². The van der Waals surface area contributed by atoms with Crippen LogP contribution in [0.5, 0.6) is 0 Å². The van der Waals surface area contributed by atoms with Crippen LogP contribution in [0.3, 0.4) is 0 Å². The fourth-order valence-electron chi connectivity index (χ4n) is 2.62. The average Bonchev–Trinajstić information content (AvgIpc) is 2.42. The first-order chi connectivity index (χ1) is 9.15. The lowest BCUT2D eigenvalue weighted by Gasteiger charge is -2.21. The lowest BCUT2D eigenvalue weighted by atomic mass is 9.86. The minimum Gasteiger partial charge on any atom is -0.324 e. The zero-order chi connectivity index (χ0) is 13.7. The quantitative estimate of drug-likeness (QED) is 0.846. The van der Waals surface area contributed by atoms with E-state index in [0.717, 1.165) is 6.42 Å². The number of rotatable bonds is 4. The summed E-state index contributed by atoms with van der Waals surface area (Å²) in [6.07, 6.45) is 7.66. The van der Waals surface area contributed by atoms with Gasteiger partial charge in [0.15, 0.2) is 0 Å². The molecule has 1 amide bonds. The van der Waals surface area contributed by atoms with E-state index in [1.54, 1.807) is 0 Å². The monoisotopic (exact) mass is 283 g/mol. The molecule has 0 saturated heterocycles. The molecule has 0 bridgehead atoms. The van der Waals surface area contributed by atoms with Gasteiger partial charge in [-0.25, -0.2) is 4.39 Å². The molecule has 104 valence electrons. The molecule has 1 aromatic rings. The predicted molar refractivity (Wildman–Crippen MR) is 75.8 cm³/mol. The van der Waals surface area contributed by atoms with Crippen LogP contribution in [-0.4, -0.2) is 5.91 Å². The molecule has 1 aliphatic rings. The van der Waals surface area contributed by atoms with Gasteiger partial charge in [0.25, 0.3) is 0 Å². The minimum atomic E-state index is -0.449. The van der Waals surface area contributed by atoms with Crippen molar-refractivity contribution in [3.8, 4) is 0 Å². The summed E-state index contributed by atoms with van der Waals surface area (Å²) in [6.45, 7) is 0. The normalized spacial score (nSPS) is 16.3. The number of anilines is 1. The van der Waals surface area contributed by atoms with E-state index in [-0.39, 0.29) is 11.6 Å².